The first-order chi connectivity index (χ1) is 11.2. The Balaban J connectivity index is 2.19. The van der Waals surface area contributed by atoms with E-state index in [0.717, 1.165) is 12.0 Å². The van der Waals surface area contributed by atoms with Crippen LogP contribution in [0.25, 0.3) is 0 Å². The average molecular weight is 359 g/mol. The van der Waals surface area contributed by atoms with Gasteiger partial charge in [-0.1, -0.05) is 30.7 Å². The molecule has 0 spiro atoms. The minimum absolute atomic E-state index is 0.489. The molecule has 0 saturated carbocycles. The van der Waals surface area contributed by atoms with Crippen molar-refractivity contribution in [2.75, 3.05) is 5.32 Å². The van der Waals surface area contributed by atoms with Crippen LogP contribution in [-0.4, -0.2) is 10.5 Å². The number of nitrogens with zero attached hydrogens (tertiary/aromatic N) is 1. The van der Waals surface area contributed by atoms with Gasteiger partial charge in [0.25, 0.3) is 5.56 Å². The second kappa shape index (κ2) is 7.09. The normalized spacial score (nSPS) is 11.4. The summed E-state index contributed by atoms with van der Waals surface area (Å²) in [6, 6.07) is 7.55. The maximum Gasteiger partial charge on any atom is 0.417 e. The van der Waals surface area contributed by atoms with E-state index in [0.29, 0.717) is 22.5 Å². The Morgan fingerprint density at radius 1 is 1.25 bits per heavy atom. The number of carbonyl (C=O) groups is 1. The SMILES string of the molecule is CCc1ccc(NC(=O)Cn2cc(C(F)(F)F)cc(Cl)c2=O)cc1. The van der Waals surface area contributed by atoms with Gasteiger partial charge in [-0.3, -0.25) is 9.59 Å². The minimum Gasteiger partial charge on any atom is -0.325 e. The lowest BCUT2D eigenvalue weighted by atomic mass is 10.1. The van der Waals surface area contributed by atoms with Crippen molar-refractivity contribution in [1.82, 2.24) is 4.57 Å². The maximum atomic E-state index is 12.8. The van der Waals surface area contributed by atoms with Gasteiger partial charge in [0.15, 0.2) is 0 Å². The first kappa shape index (κ1) is 18.1. The largest absolute Gasteiger partial charge is 0.417 e. The van der Waals surface area contributed by atoms with Crippen LogP contribution in [0.3, 0.4) is 0 Å². The molecule has 0 bridgehead atoms. The molecule has 0 atom stereocenters. The van der Waals surface area contributed by atoms with Crippen LogP contribution >= 0.6 is 11.6 Å². The van der Waals surface area contributed by atoms with Crippen molar-refractivity contribution in [2.45, 2.75) is 26.1 Å². The fourth-order valence-corrected chi connectivity index (χ4v) is 2.28. The number of aryl methyl sites for hydroxylation is 1. The zero-order valence-electron chi connectivity index (χ0n) is 12.7. The summed E-state index contributed by atoms with van der Waals surface area (Å²) in [4.78, 5) is 23.8. The van der Waals surface area contributed by atoms with Crippen molar-refractivity contribution in [3.8, 4) is 0 Å². The number of halogens is 4. The van der Waals surface area contributed by atoms with Crippen molar-refractivity contribution >= 4 is 23.2 Å². The van der Waals surface area contributed by atoms with Crippen molar-refractivity contribution in [1.29, 1.82) is 0 Å². The van der Waals surface area contributed by atoms with Gasteiger partial charge in [-0.25, -0.2) is 0 Å². The third-order valence-electron chi connectivity index (χ3n) is 3.33. The van der Waals surface area contributed by atoms with E-state index >= 15 is 0 Å². The predicted octanol–water partition coefficient (Wildman–Crippen LogP) is 3.72. The summed E-state index contributed by atoms with van der Waals surface area (Å²) in [5.74, 6) is -0.628. The molecule has 0 unspecified atom stereocenters. The standard InChI is InChI=1S/C16H14ClF3N2O2/c1-2-10-3-5-12(6-4-10)21-14(23)9-22-8-11(16(18,19)20)7-13(17)15(22)24/h3-8H,2,9H2,1H3,(H,21,23). The van der Waals surface area contributed by atoms with Crippen LogP contribution in [-0.2, 0) is 23.9 Å². The number of anilines is 1. The second-order valence-electron chi connectivity index (χ2n) is 5.11. The molecular formula is C16H14ClF3N2O2. The van der Waals surface area contributed by atoms with Gasteiger partial charge in [0.05, 0.1) is 5.56 Å². The third-order valence-corrected chi connectivity index (χ3v) is 3.60. The van der Waals surface area contributed by atoms with E-state index in [-0.39, 0.29) is 0 Å². The summed E-state index contributed by atoms with van der Waals surface area (Å²) in [7, 11) is 0. The number of alkyl halides is 3. The molecule has 0 aliphatic carbocycles. The lowest BCUT2D eigenvalue weighted by molar-refractivity contribution is -0.138. The molecule has 1 heterocycles. The number of aromatic nitrogens is 1. The minimum atomic E-state index is -4.66. The quantitative estimate of drug-likeness (QED) is 0.905. The number of amides is 1. The molecule has 8 heteroatoms. The van der Waals surface area contributed by atoms with Crippen LogP contribution in [0, 0.1) is 0 Å². The second-order valence-corrected chi connectivity index (χ2v) is 5.51. The molecule has 2 rings (SSSR count). The van der Waals surface area contributed by atoms with E-state index in [1.807, 2.05) is 19.1 Å². The molecule has 0 fully saturated rings. The van der Waals surface area contributed by atoms with Crippen molar-refractivity contribution in [3.05, 3.63) is 63.0 Å². The number of rotatable bonds is 4. The zero-order chi connectivity index (χ0) is 17.9. The highest BCUT2D eigenvalue weighted by Gasteiger charge is 2.32. The molecule has 4 nitrogen and oxygen atoms in total. The van der Waals surface area contributed by atoms with Crippen LogP contribution in [0.15, 0.2) is 41.3 Å². The van der Waals surface area contributed by atoms with Crippen molar-refractivity contribution < 1.29 is 18.0 Å². The number of nitrogens with one attached hydrogen (secondary N) is 1. The Hall–Kier alpha value is -2.28. The van der Waals surface area contributed by atoms with Gasteiger partial charge in [0.1, 0.15) is 11.6 Å². The van der Waals surface area contributed by atoms with E-state index in [2.05, 4.69) is 5.32 Å². The highest BCUT2D eigenvalue weighted by molar-refractivity contribution is 6.30. The molecule has 2 aromatic rings. The Morgan fingerprint density at radius 2 is 1.88 bits per heavy atom. The summed E-state index contributed by atoms with van der Waals surface area (Å²) >= 11 is 5.54. The Bertz CT molecular complexity index is 798. The van der Waals surface area contributed by atoms with Crippen LogP contribution in [0.2, 0.25) is 5.02 Å². The van der Waals surface area contributed by atoms with Gasteiger partial charge in [-0.2, -0.15) is 13.2 Å². The van der Waals surface area contributed by atoms with E-state index in [9.17, 15) is 22.8 Å². The van der Waals surface area contributed by atoms with E-state index in [4.69, 9.17) is 11.6 Å². The first-order valence-electron chi connectivity index (χ1n) is 7.06. The smallest absolute Gasteiger partial charge is 0.325 e. The highest BCUT2D eigenvalue weighted by atomic mass is 35.5. The van der Waals surface area contributed by atoms with E-state index in [1.165, 1.54) is 0 Å². The lowest BCUT2D eigenvalue weighted by Gasteiger charge is -2.12. The highest BCUT2D eigenvalue weighted by Crippen LogP contribution is 2.29. The van der Waals surface area contributed by atoms with Gasteiger partial charge >= 0.3 is 6.18 Å². The van der Waals surface area contributed by atoms with Gasteiger partial charge in [0, 0.05) is 11.9 Å². The molecule has 128 valence electrons. The van der Waals surface area contributed by atoms with Crippen LogP contribution in [0.1, 0.15) is 18.1 Å². The number of hydrogen-bond acceptors (Lipinski definition) is 2. The van der Waals surface area contributed by atoms with Crippen molar-refractivity contribution in [3.63, 3.8) is 0 Å². The fourth-order valence-electron chi connectivity index (χ4n) is 2.05. The topological polar surface area (TPSA) is 51.1 Å². The Labute approximate surface area is 140 Å². The number of hydrogen-bond donors (Lipinski definition) is 1. The Kier molecular flexibility index (Phi) is 5.33. The molecule has 0 aliphatic heterocycles. The summed E-state index contributed by atoms with van der Waals surface area (Å²) in [5.41, 5.74) is -0.384. The van der Waals surface area contributed by atoms with Crippen LogP contribution < -0.4 is 10.9 Å². The molecule has 24 heavy (non-hydrogen) atoms. The number of carbonyl (C=O) groups excluding carboxylic acids is 1. The monoisotopic (exact) mass is 358 g/mol. The molecule has 1 aromatic carbocycles. The summed E-state index contributed by atoms with van der Waals surface area (Å²) in [5, 5.41) is 1.93. The fraction of sp³-hybridized carbons (Fsp3) is 0.250. The third kappa shape index (κ3) is 4.38. The van der Waals surface area contributed by atoms with Gasteiger partial charge in [-0.05, 0) is 30.2 Å². The van der Waals surface area contributed by atoms with E-state index < -0.39 is 34.8 Å². The first-order valence-corrected chi connectivity index (χ1v) is 7.44. The van der Waals surface area contributed by atoms with Gasteiger partial charge in [0.2, 0.25) is 5.91 Å². The van der Waals surface area contributed by atoms with Crippen molar-refractivity contribution in [2.24, 2.45) is 0 Å². The molecule has 0 saturated heterocycles. The molecule has 1 amide bonds. The summed E-state index contributed by atoms with van der Waals surface area (Å²) in [6.45, 7) is 1.41. The predicted molar refractivity (Wildman–Crippen MR) is 85.2 cm³/mol. The molecule has 0 radical (unpaired) electrons. The average Bonchev–Trinajstić information content (AvgIpc) is 2.51. The number of benzene rings is 1. The van der Waals surface area contributed by atoms with Gasteiger partial charge in [-0.15, -0.1) is 0 Å². The van der Waals surface area contributed by atoms with Crippen LogP contribution in [0.4, 0.5) is 18.9 Å². The zero-order valence-corrected chi connectivity index (χ0v) is 13.4. The molecular weight excluding hydrogens is 345 g/mol. The maximum absolute atomic E-state index is 12.8. The lowest BCUT2D eigenvalue weighted by Crippen LogP contribution is -2.29. The molecule has 0 aliphatic rings. The molecule has 1 aromatic heterocycles. The summed E-state index contributed by atoms with van der Waals surface area (Å²) < 4.78 is 38.9. The Morgan fingerprint density at radius 3 is 2.42 bits per heavy atom. The van der Waals surface area contributed by atoms with Crippen LogP contribution in [0.5, 0.6) is 0 Å². The number of pyridine rings is 1. The molecule has 1 N–H and O–H groups in total. The van der Waals surface area contributed by atoms with Gasteiger partial charge < -0.3 is 9.88 Å². The van der Waals surface area contributed by atoms with E-state index in [1.54, 1.807) is 12.1 Å². The summed E-state index contributed by atoms with van der Waals surface area (Å²) in [6.07, 6.45) is -3.24.